The molecule has 160 valence electrons. The predicted molar refractivity (Wildman–Crippen MR) is 115 cm³/mol. The van der Waals surface area contributed by atoms with E-state index in [1.807, 2.05) is 16.8 Å². The van der Waals surface area contributed by atoms with Crippen molar-refractivity contribution >= 4 is 16.7 Å². The zero-order valence-electron chi connectivity index (χ0n) is 17.6. The fourth-order valence-electron chi connectivity index (χ4n) is 4.73. The molecule has 3 heterocycles. The van der Waals surface area contributed by atoms with E-state index in [9.17, 15) is 9.18 Å². The van der Waals surface area contributed by atoms with Gasteiger partial charge in [0, 0.05) is 19.3 Å². The largest absolute Gasteiger partial charge is 0.378 e. The number of aromatic nitrogens is 5. The first-order chi connectivity index (χ1) is 15.1. The van der Waals surface area contributed by atoms with Gasteiger partial charge in [-0.05, 0) is 42.5 Å². The molecule has 0 saturated heterocycles. The molecule has 31 heavy (non-hydrogen) atoms. The molecule has 8 heteroatoms. The van der Waals surface area contributed by atoms with Crippen LogP contribution in [-0.4, -0.2) is 31.5 Å². The number of benzene rings is 1. The summed E-state index contributed by atoms with van der Waals surface area (Å²) in [6, 6.07) is 8.22. The Labute approximate surface area is 178 Å². The second-order valence-corrected chi connectivity index (χ2v) is 8.29. The molecule has 0 spiro atoms. The number of hydrogen-bond acceptors (Lipinski definition) is 5. The molecule has 7 nitrogen and oxygen atoms in total. The Balaban J connectivity index is 1.71. The minimum absolute atomic E-state index is 0.141. The number of nitrogens with zero attached hydrogens (tertiary/aromatic N) is 5. The summed E-state index contributed by atoms with van der Waals surface area (Å²) in [5.74, 6) is 0.131. The molecule has 1 saturated carbocycles. The quantitative estimate of drug-likeness (QED) is 0.495. The summed E-state index contributed by atoms with van der Waals surface area (Å²) in [4.78, 5) is 13.3. The topological polar surface area (TPSA) is 74.3 Å². The van der Waals surface area contributed by atoms with E-state index in [4.69, 9.17) is 4.74 Å². The van der Waals surface area contributed by atoms with Crippen molar-refractivity contribution < 1.29 is 9.13 Å². The van der Waals surface area contributed by atoms with E-state index in [2.05, 4.69) is 22.2 Å². The predicted octanol–water partition coefficient (Wildman–Crippen LogP) is 4.14. The van der Waals surface area contributed by atoms with Crippen LogP contribution in [0.25, 0.3) is 27.8 Å². The monoisotopic (exact) mass is 421 g/mol. The third-order valence-electron chi connectivity index (χ3n) is 6.32. The Hall–Kier alpha value is -3.13. The SMILES string of the molecule is COCc1nn2c(nnc3c(=O)n([C@@H]4CCCC[C@@H]4C)ccc32)c1-c1ccc(F)cc1. The third kappa shape index (κ3) is 3.31. The zero-order valence-corrected chi connectivity index (χ0v) is 17.6. The van der Waals surface area contributed by atoms with Crippen LogP contribution < -0.4 is 5.56 Å². The molecule has 0 unspecified atom stereocenters. The van der Waals surface area contributed by atoms with Crippen LogP contribution in [-0.2, 0) is 11.3 Å². The molecule has 2 atom stereocenters. The number of rotatable bonds is 4. The summed E-state index contributed by atoms with van der Waals surface area (Å²) in [5.41, 5.74) is 3.40. The van der Waals surface area contributed by atoms with Crippen LogP contribution in [0.15, 0.2) is 41.3 Å². The maximum Gasteiger partial charge on any atom is 0.280 e. The lowest BCUT2D eigenvalue weighted by Crippen LogP contribution is -2.31. The standard InChI is InChI=1S/C23H24FN5O2/c1-14-5-3-4-6-18(14)28-12-11-19-21(23(28)30)25-26-22-20(15-7-9-16(24)10-8-15)17(13-31-2)27-29(19)22/h7-12,14,18H,3-6,13H2,1-2H3/t14-,18+/m0/s1. The molecule has 4 aromatic rings. The highest BCUT2D eigenvalue weighted by Gasteiger charge is 2.25. The first-order valence-corrected chi connectivity index (χ1v) is 10.6. The first-order valence-electron chi connectivity index (χ1n) is 10.6. The molecule has 0 aliphatic heterocycles. The minimum atomic E-state index is -0.317. The molecule has 3 aromatic heterocycles. The fourth-order valence-corrected chi connectivity index (χ4v) is 4.73. The molecule has 5 rings (SSSR count). The number of halogens is 1. The maximum absolute atomic E-state index is 13.5. The van der Waals surface area contributed by atoms with Crippen LogP contribution in [0.2, 0.25) is 0 Å². The maximum atomic E-state index is 13.5. The lowest BCUT2D eigenvalue weighted by Gasteiger charge is -2.30. The average molecular weight is 421 g/mol. The van der Waals surface area contributed by atoms with Crippen LogP contribution in [0.4, 0.5) is 4.39 Å². The van der Waals surface area contributed by atoms with Gasteiger partial charge in [0.15, 0.2) is 11.2 Å². The van der Waals surface area contributed by atoms with E-state index in [1.54, 1.807) is 23.8 Å². The highest BCUT2D eigenvalue weighted by molar-refractivity contribution is 5.84. The van der Waals surface area contributed by atoms with Crippen molar-refractivity contribution in [2.45, 2.75) is 45.3 Å². The van der Waals surface area contributed by atoms with Crippen molar-refractivity contribution in [3.05, 3.63) is 58.4 Å². The molecule has 0 bridgehead atoms. The number of fused-ring (bicyclic) bond motifs is 3. The first kappa shape index (κ1) is 19.8. The number of pyridine rings is 1. The second kappa shape index (κ2) is 7.85. The summed E-state index contributed by atoms with van der Waals surface area (Å²) < 4.78 is 22.2. The van der Waals surface area contributed by atoms with Crippen molar-refractivity contribution in [1.82, 2.24) is 24.4 Å². The fraction of sp³-hybridized carbons (Fsp3) is 0.391. The lowest BCUT2D eigenvalue weighted by molar-refractivity contribution is 0.181. The molecule has 1 fully saturated rings. The van der Waals surface area contributed by atoms with E-state index < -0.39 is 0 Å². The number of ether oxygens (including phenoxy) is 1. The van der Waals surface area contributed by atoms with E-state index >= 15 is 0 Å². The van der Waals surface area contributed by atoms with Crippen LogP contribution in [0.1, 0.15) is 44.3 Å². The van der Waals surface area contributed by atoms with Gasteiger partial charge < -0.3 is 9.30 Å². The van der Waals surface area contributed by atoms with Crippen molar-refractivity contribution in [2.24, 2.45) is 5.92 Å². The molecule has 0 radical (unpaired) electrons. The Morgan fingerprint density at radius 3 is 2.65 bits per heavy atom. The van der Waals surface area contributed by atoms with Gasteiger partial charge in [0.2, 0.25) is 0 Å². The molecule has 0 amide bonds. The summed E-state index contributed by atoms with van der Waals surface area (Å²) in [5, 5.41) is 13.3. The van der Waals surface area contributed by atoms with Gasteiger partial charge in [0.25, 0.3) is 5.56 Å². The number of hydrogen-bond donors (Lipinski definition) is 0. The normalized spacial score (nSPS) is 19.3. The van der Waals surface area contributed by atoms with Crippen molar-refractivity contribution in [1.29, 1.82) is 0 Å². The Morgan fingerprint density at radius 2 is 1.90 bits per heavy atom. The van der Waals surface area contributed by atoms with Crippen molar-refractivity contribution in [3.63, 3.8) is 0 Å². The summed E-state index contributed by atoms with van der Waals surface area (Å²) in [6.07, 6.45) is 6.32. The van der Waals surface area contributed by atoms with Crippen LogP contribution in [0.5, 0.6) is 0 Å². The van der Waals surface area contributed by atoms with Crippen LogP contribution in [0.3, 0.4) is 0 Å². The van der Waals surface area contributed by atoms with Gasteiger partial charge in [0.05, 0.1) is 17.9 Å². The molecule has 1 aliphatic carbocycles. The molecular formula is C23H24FN5O2. The summed E-state index contributed by atoms with van der Waals surface area (Å²) in [7, 11) is 1.59. The van der Waals surface area contributed by atoms with Crippen molar-refractivity contribution in [3.8, 4) is 11.1 Å². The Kier molecular flexibility index (Phi) is 5.02. The molecule has 0 N–H and O–H groups in total. The van der Waals surface area contributed by atoms with Gasteiger partial charge in [0.1, 0.15) is 11.3 Å². The van der Waals surface area contributed by atoms with Gasteiger partial charge in [-0.2, -0.15) is 5.10 Å². The Morgan fingerprint density at radius 1 is 1.13 bits per heavy atom. The van der Waals surface area contributed by atoms with Gasteiger partial charge >= 0.3 is 0 Å². The Bertz CT molecular complexity index is 1310. The van der Waals surface area contributed by atoms with Gasteiger partial charge in [-0.25, -0.2) is 8.91 Å². The molecule has 1 aromatic carbocycles. The van der Waals surface area contributed by atoms with E-state index in [-0.39, 0.29) is 24.0 Å². The lowest BCUT2D eigenvalue weighted by atomic mass is 9.85. The minimum Gasteiger partial charge on any atom is -0.378 e. The molecule has 1 aliphatic rings. The smallest absolute Gasteiger partial charge is 0.280 e. The zero-order chi connectivity index (χ0) is 21.5. The molecular weight excluding hydrogens is 397 g/mol. The van der Waals surface area contributed by atoms with E-state index in [0.717, 1.165) is 30.4 Å². The van der Waals surface area contributed by atoms with E-state index in [1.165, 1.54) is 18.6 Å². The van der Waals surface area contributed by atoms with Crippen molar-refractivity contribution in [2.75, 3.05) is 7.11 Å². The number of methoxy groups -OCH3 is 1. The highest BCUT2D eigenvalue weighted by Crippen LogP contribution is 2.33. The van der Waals surface area contributed by atoms with Crippen LogP contribution >= 0.6 is 0 Å². The highest BCUT2D eigenvalue weighted by atomic mass is 19.1. The van der Waals surface area contributed by atoms with Gasteiger partial charge in [-0.1, -0.05) is 31.9 Å². The van der Waals surface area contributed by atoms with Gasteiger partial charge in [-0.3, -0.25) is 4.79 Å². The second-order valence-electron chi connectivity index (χ2n) is 8.29. The summed E-state index contributed by atoms with van der Waals surface area (Å²) in [6.45, 7) is 2.46. The average Bonchev–Trinajstić information content (AvgIpc) is 3.14. The third-order valence-corrected chi connectivity index (χ3v) is 6.32. The van der Waals surface area contributed by atoms with E-state index in [0.29, 0.717) is 28.3 Å². The van der Waals surface area contributed by atoms with Crippen LogP contribution in [0, 0.1) is 11.7 Å². The van der Waals surface area contributed by atoms with Gasteiger partial charge in [-0.15, -0.1) is 10.2 Å². The summed E-state index contributed by atoms with van der Waals surface area (Å²) >= 11 is 0.